The molecule has 0 rings (SSSR count). The van der Waals surface area contributed by atoms with E-state index in [1.807, 2.05) is 0 Å². The number of rotatable bonds is 11. The van der Waals surface area contributed by atoms with Crippen LogP contribution in [0, 0.1) is 0 Å². The Morgan fingerprint density at radius 3 is 1.88 bits per heavy atom. The van der Waals surface area contributed by atoms with Crippen molar-refractivity contribution in [1.29, 1.82) is 0 Å². The Bertz CT molecular complexity index is 186. The first-order valence-electron chi connectivity index (χ1n) is 6.54. The van der Waals surface area contributed by atoms with Gasteiger partial charge in [-0.15, -0.1) is 0 Å². The predicted molar refractivity (Wildman–Crippen MR) is 73.2 cm³/mol. The Morgan fingerprint density at radius 2 is 1.41 bits per heavy atom. The number of amides is 2. The maximum absolute atomic E-state index is 10.9. The van der Waals surface area contributed by atoms with Crippen molar-refractivity contribution in [2.24, 2.45) is 0 Å². The van der Waals surface area contributed by atoms with E-state index in [0.717, 1.165) is 12.8 Å². The van der Waals surface area contributed by atoms with Crippen LogP contribution in [0.3, 0.4) is 0 Å². The van der Waals surface area contributed by atoms with Crippen molar-refractivity contribution in [3.63, 3.8) is 0 Å². The van der Waals surface area contributed by atoms with E-state index in [1.54, 1.807) is 0 Å². The molecule has 17 heavy (non-hydrogen) atoms. The van der Waals surface area contributed by atoms with E-state index in [9.17, 15) is 9.59 Å². The van der Waals surface area contributed by atoms with Crippen molar-refractivity contribution in [1.82, 2.24) is 5.32 Å². The van der Waals surface area contributed by atoms with Gasteiger partial charge in [0, 0.05) is 6.42 Å². The minimum absolute atomic E-state index is 0. The molecule has 4 heteroatoms. The molecule has 0 radical (unpaired) electrons. The van der Waals surface area contributed by atoms with E-state index >= 15 is 0 Å². The van der Waals surface area contributed by atoms with Crippen LogP contribution in [-0.4, -0.2) is 41.9 Å². The molecule has 1 N–H and O–H groups in total. The normalized spacial score (nSPS) is 9.47. The van der Waals surface area contributed by atoms with Crippen molar-refractivity contribution >= 4 is 41.9 Å². The van der Waals surface area contributed by atoms with Gasteiger partial charge >= 0.3 is 29.6 Å². The molecule has 0 bridgehead atoms. The zero-order valence-electron chi connectivity index (χ0n) is 10.5. The molecule has 0 heterocycles. The summed E-state index contributed by atoms with van der Waals surface area (Å²) in [6, 6.07) is 0. The Balaban J connectivity index is 0. The molecular weight excluding hydrogens is 225 g/mol. The molecule has 0 aromatic rings. The van der Waals surface area contributed by atoms with Crippen molar-refractivity contribution < 1.29 is 9.59 Å². The second-order valence-electron chi connectivity index (χ2n) is 4.26. The molecule has 0 unspecified atom stereocenters. The van der Waals surface area contributed by atoms with Crippen LogP contribution in [0.25, 0.3) is 0 Å². The summed E-state index contributed by atoms with van der Waals surface area (Å²) in [5, 5.41) is 2.15. The number of imide groups is 1. The van der Waals surface area contributed by atoms with Crippen LogP contribution < -0.4 is 5.32 Å². The summed E-state index contributed by atoms with van der Waals surface area (Å²) in [5.74, 6) is -0.155. The topological polar surface area (TPSA) is 46.2 Å². The van der Waals surface area contributed by atoms with Gasteiger partial charge in [0.1, 0.15) is 0 Å². The Kier molecular flexibility index (Phi) is 18.5. The zero-order valence-corrected chi connectivity index (χ0v) is 10.5. The van der Waals surface area contributed by atoms with E-state index in [0.29, 0.717) is 12.8 Å². The van der Waals surface area contributed by atoms with Gasteiger partial charge in [0.2, 0.25) is 12.3 Å². The van der Waals surface area contributed by atoms with E-state index in [4.69, 9.17) is 0 Å². The number of carbonyl (C=O) groups is 2. The summed E-state index contributed by atoms with van der Waals surface area (Å²) in [4.78, 5) is 20.9. The van der Waals surface area contributed by atoms with E-state index in [1.165, 1.54) is 44.9 Å². The molecule has 0 saturated heterocycles. The summed E-state index contributed by atoms with van der Waals surface area (Å²) in [6.45, 7) is 2.23. The third-order valence-corrected chi connectivity index (χ3v) is 2.73. The molecule has 0 aliphatic heterocycles. The number of hydrogen-bond acceptors (Lipinski definition) is 2. The standard InChI is InChI=1S/C13H25NO2.Na.H/c1-2-3-4-5-6-7-8-9-10-11-13(16)14-12-15;;/h12H,2-11H2,1H3,(H,14,15,16);;. The number of carbonyl (C=O) groups excluding carboxylic acids is 2. The van der Waals surface area contributed by atoms with Gasteiger partial charge in [0.25, 0.3) is 0 Å². The Morgan fingerprint density at radius 1 is 0.941 bits per heavy atom. The average molecular weight is 251 g/mol. The van der Waals surface area contributed by atoms with E-state index < -0.39 is 0 Å². The Hall–Kier alpha value is 0.140. The molecule has 3 nitrogen and oxygen atoms in total. The first-order valence-corrected chi connectivity index (χ1v) is 6.54. The van der Waals surface area contributed by atoms with Gasteiger partial charge in [-0.2, -0.15) is 0 Å². The number of unbranched alkanes of at least 4 members (excludes halogenated alkanes) is 8. The fourth-order valence-electron chi connectivity index (χ4n) is 1.73. The zero-order chi connectivity index (χ0) is 12.1. The van der Waals surface area contributed by atoms with Crippen LogP contribution in [0.15, 0.2) is 0 Å². The molecular formula is C13H26NNaO2. The van der Waals surface area contributed by atoms with Crippen LogP contribution in [0.4, 0.5) is 0 Å². The van der Waals surface area contributed by atoms with Gasteiger partial charge in [-0.1, -0.05) is 58.3 Å². The second kappa shape index (κ2) is 16.1. The third kappa shape index (κ3) is 16.1. The maximum atomic E-state index is 10.9. The van der Waals surface area contributed by atoms with Crippen molar-refractivity contribution in [3.8, 4) is 0 Å². The first-order chi connectivity index (χ1) is 7.81. The van der Waals surface area contributed by atoms with Gasteiger partial charge in [0.05, 0.1) is 0 Å². The molecule has 0 aromatic carbocycles. The molecule has 0 aliphatic rings. The summed E-state index contributed by atoms with van der Waals surface area (Å²) in [7, 11) is 0. The van der Waals surface area contributed by atoms with Crippen LogP contribution in [-0.2, 0) is 9.59 Å². The van der Waals surface area contributed by atoms with Crippen LogP contribution in [0.5, 0.6) is 0 Å². The molecule has 0 fully saturated rings. The predicted octanol–water partition coefficient (Wildman–Crippen LogP) is 2.53. The van der Waals surface area contributed by atoms with E-state index in [2.05, 4.69) is 12.2 Å². The summed E-state index contributed by atoms with van der Waals surface area (Å²) >= 11 is 0. The summed E-state index contributed by atoms with van der Waals surface area (Å²) in [5.41, 5.74) is 0. The van der Waals surface area contributed by atoms with Crippen molar-refractivity contribution in [2.75, 3.05) is 0 Å². The van der Waals surface area contributed by atoms with Crippen molar-refractivity contribution in [3.05, 3.63) is 0 Å². The van der Waals surface area contributed by atoms with Gasteiger partial charge in [0.15, 0.2) is 0 Å². The molecule has 96 valence electrons. The third-order valence-electron chi connectivity index (χ3n) is 2.73. The second-order valence-corrected chi connectivity index (χ2v) is 4.26. The summed E-state index contributed by atoms with van der Waals surface area (Å²) in [6.07, 6.45) is 12.1. The number of hydrogen-bond donors (Lipinski definition) is 1. The summed E-state index contributed by atoms with van der Waals surface area (Å²) < 4.78 is 0. The quantitative estimate of drug-likeness (QED) is 0.348. The molecule has 0 aliphatic carbocycles. The average Bonchev–Trinajstić information content (AvgIpc) is 2.27. The van der Waals surface area contributed by atoms with Gasteiger partial charge in [-0.3, -0.25) is 14.9 Å². The molecule has 0 spiro atoms. The molecule has 0 aromatic heterocycles. The fourth-order valence-corrected chi connectivity index (χ4v) is 1.73. The van der Waals surface area contributed by atoms with Crippen LogP contribution in [0.1, 0.15) is 71.1 Å². The Labute approximate surface area is 127 Å². The monoisotopic (exact) mass is 251 g/mol. The van der Waals surface area contributed by atoms with Crippen LogP contribution in [0.2, 0.25) is 0 Å². The fraction of sp³-hybridized carbons (Fsp3) is 0.846. The first kappa shape index (κ1) is 19.5. The van der Waals surface area contributed by atoms with Crippen molar-refractivity contribution in [2.45, 2.75) is 71.1 Å². The molecule has 0 saturated carbocycles. The SMILES string of the molecule is CCCCCCCCCCCC(=O)NC=O.[NaH]. The minimum atomic E-state index is -0.155. The van der Waals surface area contributed by atoms with E-state index in [-0.39, 0.29) is 35.5 Å². The van der Waals surface area contributed by atoms with Crippen LogP contribution >= 0.6 is 0 Å². The van der Waals surface area contributed by atoms with Gasteiger partial charge < -0.3 is 0 Å². The molecule has 2 amide bonds. The van der Waals surface area contributed by atoms with Gasteiger partial charge in [-0.25, -0.2) is 0 Å². The van der Waals surface area contributed by atoms with Gasteiger partial charge in [-0.05, 0) is 6.42 Å². The molecule has 0 atom stereocenters. The number of nitrogens with one attached hydrogen (secondary N) is 1.